The van der Waals surface area contributed by atoms with E-state index in [0.29, 0.717) is 17.5 Å². The first-order valence-electron chi connectivity index (χ1n) is 9.15. The Balaban J connectivity index is 1.70. The summed E-state index contributed by atoms with van der Waals surface area (Å²) in [4.78, 5) is 5.50. The molecule has 0 amide bonds. The molecule has 2 spiro atoms. The summed E-state index contributed by atoms with van der Waals surface area (Å²) in [6.07, 6.45) is -0.883. The number of nitrogens with two attached hydrogens (primary N) is 1. The third-order valence-electron chi connectivity index (χ3n) is 6.04. The number of hydroxylamine groups is 1. The van der Waals surface area contributed by atoms with Gasteiger partial charge in [0.1, 0.15) is 12.8 Å². The molecule has 28 heavy (non-hydrogen) atoms. The van der Waals surface area contributed by atoms with E-state index in [1.165, 1.54) is 12.1 Å². The maximum atomic E-state index is 14.4. The lowest BCUT2D eigenvalue weighted by Crippen LogP contribution is -2.69. The minimum atomic E-state index is -4.56. The Labute approximate surface area is 160 Å². The molecule has 0 bridgehead atoms. The molecule has 1 saturated carbocycles. The van der Waals surface area contributed by atoms with Crippen LogP contribution in [0.1, 0.15) is 36.8 Å². The van der Waals surface area contributed by atoms with Crippen molar-refractivity contribution in [1.29, 1.82) is 0 Å². The van der Waals surface area contributed by atoms with Gasteiger partial charge in [-0.2, -0.15) is 28.7 Å². The van der Waals surface area contributed by atoms with Gasteiger partial charge in [-0.3, -0.25) is 0 Å². The summed E-state index contributed by atoms with van der Waals surface area (Å²) < 4.78 is 62.1. The molecule has 1 aliphatic heterocycles. The topological polar surface area (TPSA) is 67.8 Å². The molecule has 2 aliphatic carbocycles. The van der Waals surface area contributed by atoms with E-state index in [9.17, 15) is 17.6 Å². The van der Waals surface area contributed by atoms with E-state index in [0.717, 1.165) is 25.7 Å². The quantitative estimate of drug-likeness (QED) is 0.474. The highest BCUT2D eigenvalue weighted by atomic mass is 19.4. The zero-order valence-corrected chi connectivity index (χ0v) is 15.7. The number of quaternary nitrogens is 1. The molecule has 1 saturated heterocycles. The molecule has 0 aromatic heterocycles. The van der Waals surface area contributed by atoms with Gasteiger partial charge in [0.05, 0.1) is 6.10 Å². The van der Waals surface area contributed by atoms with Crippen molar-refractivity contribution in [3.63, 3.8) is 0 Å². The van der Waals surface area contributed by atoms with E-state index in [1.807, 2.05) is 0 Å². The lowest BCUT2D eigenvalue weighted by molar-refractivity contribution is -1.14. The molecule has 1 aromatic carbocycles. The van der Waals surface area contributed by atoms with Gasteiger partial charge in [0.15, 0.2) is 18.2 Å². The van der Waals surface area contributed by atoms with E-state index in [4.69, 9.17) is 20.2 Å². The first-order chi connectivity index (χ1) is 13.0. The Morgan fingerprint density at radius 1 is 1.32 bits per heavy atom. The Morgan fingerprint density at radius 3 is 2.50 bits per heavy atom. The van der Waals surface area contributed by atoms with E-state index in [2.05, 4.69) is 5.43 Å². The van der Waals surface area contributed by atoms with Crippen LogP contribution in [0, 0.1) is 11.2 Å². The number of hydrogen-bond acceptors (Lipinski definition) is 4. The van der Waals surface area contributed by atoms with E-state index < -0.39 is 40.4 Å². The van der Waals surface area contributed by atoms with Gasteiger partial charge in [0.2, 0.25) is 0 Å². The highest BCUT2D eigenvalue weighted by Gasteiger charge is 2.64. The molecular formula is C18H23F4N3O3. The average Bonchev–Trinajstić information content (AvgIpc) is 2.81. The summed E-state index contributed by atoms with van der Waals surface area (Å²) in [5, 5.41) is 0. The zero-order valence-electron chi connectivity index (χ0n) is 15.7. The molecule has 2 N–H and O–H groups in total. The summed E-state index contributed by atoms with van der Waals surface area (Å²) in [6.45, 7) is -1.57. The van der Waals surface area contributed by atoms with Crippen molar-refractivity contribution in [3.05, 3.63) is 34.5 Å². The highest BCUT2D eigenvalue weighted by molar-refractivity contribution is 5.49. The van der Waals surface area contributed by atoms with Gasteiger partial charge in [0.25, 0.3) is 0 Å². The molecule has 3 aliphatic rings. The Kier molecular flexibility index (Phi) is 4.44. The predicted molar refractivity (Wildman–Crippen MR) is 89.8 cm³/mol. The standard InChI is InChI=1S/C18H23F4N3O3/c1-25(23)24-18(28-25)13-8-15(27-10-17(20,21)22)14(19)7-11(13)9-16(18)5-3-12(26-2)4-6-16/h7-8,12H,3-6,9-10,23H2,1-2H3. The van der Waals surface area contributed by atoms with Crippen molar-refractivity contribution >= 4 is 0 Å². The van der Waals surface area contributed by atoms with E-state index in [1.54, 1.807) is 14.2 Å². The maximum absolute atomic E-state index is 14.4. The van der Waals surface area contributed by atoms with Crippen molar-refractivity contribution < 1.29 is 36.7 Å². The summed E-state index contributed by atoms with van der Waals surface area (Å²) in [6, 6.07) is 2.52. The summed E-state index contributed by atoms with van der Waals surface area (Å²) in [5.74, 6) is 4.64. The van der Waals surface area contributed by atoms with Gasteiger partial charge in [-0.1, -0.05) is 0 Å². The van der Waals surface area contributed by atoms with E-state index in [-0.39, 0.29) is 6.10 Å². The van der Waals surface area contributed by atoms with Crippen LogP contribution < -0.4 is 10.6 Å². The summed E-state index contributed by atoms with van der Waals surface area (Å²) >= 11 is 0. The molecule has 1 heterocycles. The lowest BCUT2D eigenvalue weighted by atomic mass is 9.66. The summed E-state index contributed by atoms with van der Waals surface area (Å²) in [7, 11) is 3.22. The summed E-state index contributed by atoms with van der Waals surface area (Å²) in [5.41, 5.74) is 4.23. The van der Waals surface area contributed by atoms with Crippen molar-refractivity contribution in [1.82, 2.24) is 0 Å². The first kappa shape index (κ1) is 19.8. The maximum Gasteiger partial charge on any atom is 0.422 e. The second-order valence-corrected chi connectivity index (χ2v) is 8.01. The van der Waals surface area contributed by atoms with Crippen molar-refractivity contribution in [2.45, 2.75) is 50.1 Å². The molecule has 2 unspecified atom stereocenters. The number of ether oxygens (including phenoxy) is 2. The molecule has 2 atom stereocenters. The number of benzene rings is 1. The van der Waals surface area contributed by atoms with Gasteiger partial charge in [-0.25, -0.2) is 4.39 Å². The first-order valence-corrected chi connectivity index (χ1v) is 9.15. The van der Waals surface area contributed by atoms with Crippen LogP contribution in [0.15, 0.2) is 12.1 Å². The Bertz CT molecular complexity index is 768. The molecule has 10 heteroatoms. The minimum Gasteiger partial charge on any atom is -0.481 e. The molecule has 4 rings (SSSR count). The molecule has 0 radical (unpaired) electrons. The van der Waals surface area contributed by atoms with Crippen molar-refractivity contribution in [2.24, 2.45) is 11.3 Å². The van der Waals surface area contributed by atoms with Crippen LogP contribution in [0.5, 0.6) is 5.75 Å². The van der Waals surface area contributed by atoms with E-state index >= 15 is 0 Å². The fourth-order valence-corrected chi connectivity index (χ4v) is 4.85. The Morgan fingerprint density at radius 2 is 1.96 bits per heavy atom. The normalized spacial score (nSPS) is 37.2. The number of alkyl halides is 3. The van der Waals surface area contributed by atoms with Crippen molar-refractivity contribution in [2.75, 3.05) is 20.8 Å². The zero-order chi connectivity index (χ0) is 20.4. The number of rotatable bonds is 3. The van der Waals surface area contributed by atoms with Crippen LogP contribution >= 0.6 is 0 Å². The fourth-order valence-electron chi connectivity index (χ4n) is 4.85. The van der Waals surface area contributed by atoms with Crippen LogP contribution in [-0.4, -0.2) is 37.9 Å². The van der Waals surface area contributed by atoms with Gasteiger partial charge in [0, 0.05) is 7.11 Å². The van der Waals surface area contributed by atoms with Crippen LogP contribution in [-0.2, 0) is 21.7 Å². The van der Waals surface area contributed by atoms with Gasteiger partial charge >= 0.3 is 6.18 Å². The van der Waals surface area contributed by atoms with Crippen molar-refractivity contribution in [3.8, 4) is 5.75 Å². The van der Waals surface area contributed by atoms with Gasteiger partial charge in [-0.05, 0) is 60.8 Å². The predicted octanol–water partition coefficient (Wildman–Crippen LogP) is 3.61. The smallest absolute Gasteiger partial charge is 0.422 e. The van der Waals surface area contributed by atoms with Gasteiger partial charge in [-0.15, -0.1) is 0 Å². The largest absolute Gasteiger partial charge is 0.481 e. The second kappa shape index (κ2) is 6.27. The number of methoxy groups -OCH3 is 1. The monoisotopic (exact) mass is 405 g/mol. The fraction of sp³-hybridized carbons (Fsp3) is 0.667. The third kappa shape index (κ3) is 3.07. The van der Waals surface area contributed by atoms with Crippen LogP contribution in [0.25, 0.3) is 5.43 Å². The highest BCUT2D eigenvalue weighted by Crippen LogP contribution is 2.67. The second-order valence-electron chi connectivity index (χ2n) is 8.01. The third-order valence-corrected chi connectivity index (χ3v) is 6.04. The number of halogens is 4. The lowest BCUT2D eigenvalue weighted by Gasteiger charge is -2.67. The van der Waals surface area contributed by atoms with Crippen LogP contribution in [0.3, 0.4) is 0 Å². The molecular weight excluding hydrogens is 382 g/mol. The molecule has 2 fully saturated rings. The van der Waals surface area contributed by atoms with Crippen LogP contribution in [0.4, 0.5) is 17.6 Å². The number of fused-ring (bicyclic) bond motifs is 3. The average molecular weight is 405 g/mol. The Hall–Kier alpha value is -1.46. The van der Waals surface area contributed by atoms with Gasteiger partial charge < -0.3 is 14.9 Å². The SMILES string of the molecule is COC1CCC2(CC1)Cc1cc(F)c(OCC(F)(F)F)cc1C21[N-][N+](C)(N)O1. The molecule has 6 nitrogen and oxygen atoms in total. The number of hydrogen-bond donors (Lipinski definition) is 1. The van der Waals surface area contributed by atoms with Crippen LogP contribution in [0.2, 0.25) is 0 Å². The molecule has 156 valence electrons. The molecule has 1 aromatic rings. The number of nitrogens with zero attached hydrogens (tertiary/aromatic N) is 2. The minimum absolute atomic E-state index is 0.132.